The molecule has 0 aliphatic heterocycles. The molecule has 0 saturated carbocycles. The Morgan fingerprint density at radius 2 is 1.00 bits per heavy atom. The lowest BCUT2D eigenvalue weighted by molar-refractivity contribution is 0.395. The van der Waals surface area contributed by atoms with Crippen molar-refractivity contribution in [3.8, 4) is 11.5 Å². The average Bonchev–Trinajstić information content (AvgIpc) is 2.99. The second kappa shape index (κ2) is 11.3. The van der Waals surface area contributed by atoms with Crippen molar-refractivity contribution in [2.75, 3.05) is 18.9 Å². The molecule has 0 unspecified atom stereocenters. The second-order valence-corrected chi connectivity index (χ2v) is 12.0. The van der Waals surface area contributed by atoms with Crippen LogP contribution in [-0.2, 0) is 6.54 Å². The van der Waals surface area contributed by atoms with Gasteiger partial charge in [-0.05, 0) is 54.1 Å². The number of rotatable bonds is 9. The molecule has 4 heteroatoms. The van der Waals surface area contributed by atoms with Crippen LogP contribution in [0, 0.1) is 0 Å². The van der Waals surface area contributed by atoms with Crippen LogP contribution in [0.3, 0.4) is 0 Å². The summed E-state index contributed by atoms with van der Waals surface area (Å²) >= 11 is 0. The molecule has 0 aliphatic carbocycles. The van der Waals surface area contributed by atoms with E-state index in [-0.39, 0.29) is 0 Å². The molecule has 0 heterocycles. The van der Waals surface area contributed by atoms with Gasteiger partial charge in [0.25, 0.3) is 0 Å². The maximum absolute atomic E-state index is 6.01. The lowest BCUT2D eigenvalue weighted by Crippen LogP contribution is -2.43. The third-order valence-electron chi connectivity index (χ3n) is 6.59. The molecular formula is C33H31NO2P+. The summed E-state index contributed by atoms with van der Waals surface area (Å²) in [5, 5.41) is 3.84. The van der Waals surface area contributed by atoms with Crippen LogP contribution in [-0.4, -0.2) is 14.2 Å². The molecule has 0 fully saturated rings. The molecule has 37 heavy (non-hydrogen) atoms. The van der Waals surface area contributed by atoms with Crippen LogP contribution in [0.15, 0.2) is 140 Å². The Hall–Kier alpha value is -4.07. The first-order valence-electron chi connectivity index (χ1n) is 12.4. The highest BCUT2D eigenvalue weighted by atomic mass is 31.2. The minimum Gasteiger partial charge on any atom is -0.497 e. The largest absolute Gasteiger partial charge is 0.497 e. The van der Waals surface area contributed by atoms with Gasteiger partial charge in [-0.2, -0.15) is 0 Å². The smallest absolute Gasteiger partial charge is 0.202 e. The first-order chi connectivity index (χ1) is 18.3. The molecule has 0 aromatic heterocycles. The predicted molar refractivity (Wildman–Crippen MR) is 157 cm³/mol. The van der Waals surface area contributed by atoms with Crippen LogP contribution in [0.25, 0.3) is 0 Å². The summed E-state index contributed by atoms with van der Waals surface area (Å²) in [7, 11) is 1.01. The maximum Gasteiger partial charge on any atom is 0.202 e. The minimum absolute atomic E-state index is 0.704. The first kappa shape index (κ1) is 24.6. The average molecular weight is 505 g/mol. The maximum atomic E-state index is 6.01. The molecule has 5 aromatic carbocycles. The number of anilines is 1. The van der Waals surface area contributed by atoms with E-state index in [2.05, 4.69) is 132 Å². The fraction of sp³-hybridized carbons (Fsp3) is 0.0909. The highest BCUT2D eigenvalue weighted by molar-refractivity contribution is 7.96. The van der Waals surface area contributed by atoms with Crippen molar-refractivity contribution in [2.45, 2.75) is 6.54 Å². The Morgan fingerprint density at radius 3 is 1.43 bits per heavy atom. The fourth-order valence-electron chi connectivity index (χ4n) is 4.90. The molecular weight excluding hydrogens is 473 g/mol. The van der Waals surface area contributed by atoms with E-state index in [9.17, 15) is 0 Å². The van der Waals surface area contributed by atoms with Gasteiger partial charge in [0.15, 0.2) is 0 Å². The van der Waals surface area contributed by atoms with Gasteiger partial charge in [0.2, 0.25) is 7.41 Å². The van der Waals surface area contributed by atoms with Crippen molar-refractivity contribution in [1.29, 1.82) is 0 Å². The van der Waals surface area contributed by atoms with Gasteiger partial charge in [-0.1, -0.05) is 84.9 Å². The van der Waals surface area contributed by atoms with E-state index in [1.807, 2.05) is 12.1 Å². The standard InChI is InChI=1S/C33H31NO2P/c1-35-28-23-24-32(33(25-28)36-2)34(26-27-15-7-3-8-16-27)37(29-17-9-4-10-18-29,30-19-11-5-12-20-30)31-21-13-6-14-22-31/h3-25H,26H2,1-2H3/q+1. The Balaban J connectivity index is 1.89. The molecule has 0 radical (unpaired) electrons. The quantitative estimate of drug-likeness (QED) is 0.211. The Morgan fingerprint density at radius 1 is 0.541 bits per heavy atom. The zero-order valence-corrected chi connectivity index (χ0v) is 22.1. The third kappa shape index (κ3) is 4.83. The predicted octanol–water partition coefficient (Wildman–Crippen LogP) is 6.62. The summed E-state index contributed by atoms with van der Waals surface area (Å²) in [6.07, 6.45) is 0. The lowest BCUT2D eigenvalue weighted by atomic mass is 10.2. The Labute approximate surface area is 220 Å². The van der Waals surface area contributed by atoms with Gasteiger partial charge in [0, 0.05) is 6.07 Å². The summed E-state index contributed by atoms with van der Waals surface area (Å²) in [5.74, 6) is 1.55. The van der Waals surface area contributed by atoms with E-state index in [1.54, 1.807) is 14.2 Å². The van der Waals surface area contributed by atoms with E-state index in [4.69, 9.17) is 9.47 Å². The third-order valence-corrected chi connectivity index (χ3v) is 10.8. The summed E-state index contributed by atoms with van der Waals surface area (Å²) in [6, 6.07) is 49.5. The van der Waals surface area contributed by atoms with Crippen LogP contribution < -0.4 is 30.1 Å². The van der Waals surface area contributed by atoms with Gasteiger partial charge >= 0.3 is 0 Å². The van der Waals surface area contributed by atoms with Gasteiger partial charge in [-0.15, -0.1) is 0 Å². The van der Waals surface area contributed by atoms with E-state index in [1.165, 1.54) is 21.5 Å². The van der Waals surface area contributed by atoms with Gasteiger partial charge in [0.1, 0.15) is 33.1 Å². The Bertz CT molecular complexity index is 1310. The number of hydrogen-bond donors (Lipinski definition) is 0. The van der Waals surface area contributed by atoms with Gasteiger partial charge < -0.3 is 9.47 Å². The van der Waals surface area contributed by atoms with Gasteiger partial charge in [-0.3, -0.25) is 0 Å². The van der Waals surface area contributed by atoms with Crippen LogP contribution in [0.1, 0.15) is 5.56 Å². The van der Waals surface area contributed by atoms with Gasteiger partial charge in [0.05, 0.1) is 20.8 Å². The summed E-state index contributed by atoms with van der Waals surface area (Å²) in [6.45, 7) is 0.704. The minimum atomic E-state index is -2.40. The second-order valence-electron chi connectivity index (χ2n) is 8.72. The van der Waals surface area contributed by atoms with Crippen molar-refractivity contribution in [3.63, 3.8) is 0 Å². The first-order valence-corrected chi connectivity index (χ1v) is 14.1. The van der Waals surface area contributed by atoms with Crippen molar-refractivity contribution in [2.24, 2.45) is 0 Å². The molecule has 5 aromatic rings. The van der Waals surface area contributed by atoms with Crippen LogP contribution in [0.4, 0.5) is 5.69 Å². The molecule has 0 atom stereocenters. The molecule has 0 saturated heterocycles. The number of nitrogens with zero attached hydrogens (tertiary/aromatic N) is 1. The molecule has 3 nitrogen and oxygen atoms in total. The molecule has 0 amide bonds. The number of benzene rings is 5. The van der Waals surface area contributed by atoms with E-state index >= 15 is 0 Å². The number of methoxy groups -OCH3 is 2. The van der Waals surface area contributed by atoms with E-state index in [0.717, 1.165) is 17.2 Å². The molecule has 184 valence electrons. The van der Waals surface area contributed by atoms with Crippen LogP contribution in [0.5, 0.6) is 11.5 Å². The topological polar surface area (TPSA) is 21.7 Å². The highest BCUT2D eigenvalue weighted by Crippen LogP contribution is 2.62. The highest BCUT2D eigenvalue weighted by Gasteiger charge is 2.52. The normalized spacial score (nSPS) is 11.1. The summed E-state index contributed by atoms with van der Waals surface area (Å²) < 4.78 is 14.1. The van der Waals surface area contributed by atoms with Crippen molar-refractivity contribution in [3.05, 3.63) is 145 Å². The molecule has 0 bridgehead atoms. The SMILES string of the molecule is COc1ccc(N(Cc2ccccc2)[P+](c2ccccc2)(c2ccccc2)c2ccccc2)c(OC)c1. The number of ether oxygens (including phenoxy) is 2. The van der Waals surface area contributed by atoms with Crippen molar-refractivity contribution in [1.82, 2.24) is 0 Å². The Kier molecular flexibility index (Phi) is 7.54. The van der Waals surface area contributed by atoms with E-state index < -0.39 is 7.41 Å². The molecule has 0 N–H and O–H groups in total. The molecule has 0 spiro atoms. The summed E-state index contributed by atoms with van der Waals surface area (Å²) in [5.41, 5.74) is 2.25. The van der Waals surface area contributed by atoms with Crippen LogP contribution in [0.2, 0.25) is 0 Å². The lowest BCUT2D eigenvalue weighted by Gasteiger charge is -2.38. The fourth-order valence-corrected chi connectivity index (χ4v) is 9.31. The van der Waals surface area contributed by atoms with Gasteiger partial charge in [-0.25, -0.2) is 4.67 Å². The van der Waals surface area contributed by atoms with Crippen LogP contribution >= 0.6 is 7.41 Å². The van der Waals surface area contributed by atoms with Crippen molar-refractivity contribution < 1.29 is 9.47 Å². The number of hydrogen-bond acceptors (Lipinski definition) is 3. The zero-order chi connectivity index (χ0) is 25.5. The monoisotopic (exact) mass is 504 g/mol. The van der Waals surface area contributed by atoms with E-state index in [0.29, 0.717) is 6.54 Å². The molecule has 0 aliphatic rings. The molecule has 5 rings (SSSR count). The zero-order valence-electron chi connectivity index (χ0n) is 21.2. The van der Waals surface area contributed by atoms with Crippen molar-refractivity contribution >= 4 is 29.0 Å². The summed E-state index contributed by atoms with van der Waals surface area (Å²) in [4.78, 5) is 0.